The van der Waals surface area contributed by atoms with Crippen molar-refractivity contribution in [3.05, 3.63) is 35.7 Å². The van der Waals surface area contributed by atoms with Gasteiger partial charge in [0.15, 0.2) is 11.6 Å². The van der Waals surface area contributed by atoms with Crippen molar-refractivity contribution in [3.63, 3.8) is 0 Å². The van der Waals surface area contributed by atoms with Crippen molar-refractivity contribution >= 4 is 29.2 Å². The Bertz CT molecular complexity index is 1420. The first kappa shape index (κ1) is 28.5. The van der Waals surface area contributed by atoms with E-state index in [-0.39, 0.29) is 23.1 Å². The highest BCUT2D eigenvalue weighted by Crippen LogP contribution is 2.38. The van der Waals surface area contributed by atoms with Gasteiger partial charge in [-0.15, -0.1) is 5.10 Å². The zero-order chi connectivity index (χ0) is 29.1. The summed E-state index contributed by atoms with van der Waals surface area (Å²) in [5.74, 6) is 0.163. The number of aromatic nitrogens is 4. The number of morpholine rings is 1. The van der Waals surface area contributed by atoms with Crippen LogP contribution in [0.3, 0.4) is 0 Å². The molecule has 2 aliphatic heterocycles. The second-order valence-corrected chi connectivity index (χ2v) is 9.78. The first-order chi connectivity index (χ1) is 19.7. The minimum Gasteiger partial charge on any atom is -0.453 e. The normalized spacial score (nSPS) is 16.7. The third-order valence-electron chi connectivity index (χ3n) is 7.11. The third-order valence-corrected chi connectivity index (χ3v) is 7.11. The van der Waals surface area contributed by atoms with E-state index in [0.717, 1.165) is 38.0 Å². The number of ether oxygens (including phenoxy) is 2. The number of hydrogen-bond acceptors (Lipinski definition) is 9. The number of alkyl halides is 3. The lowest BCUT2D eigenvalue weighted by atomic mass is 10.1. The first-order valence-electron chi connectivity index (χ1n) is 13.3. The van der Waals surface area contributed by atoms with Crippen LogP contribution < -0.4 is 10.2 Å². The standard InChI is InChI=1S/C26H31F3N8O4/c1-3-22(38)35-6-4-34(5-7-35)15-17-12-20-24(36-8-10-41-11-9-36)32-23(33-37(20)16-17)18-14-30-21(31-25(39)40-2)13-19(18)26(27,28)29/h12-14,16H,3-11,15H2,1-2H3,(H,30,31,39). The predicted molar refractivity (Wildman–Crippen MR) is 142 cm³/mol. The Morgan fingerprint density at radius 2 is 1.83 bits per heavy atom. The molecule has 0 saturated carbocycles. The zero-order valence-electron chi connectivity index (χ0n) is 22.8. The Hall–Kier alpha value is -3.98. The van der Waals surface area contributed by atoms with Crippen LogP contribution in [-0.4, -0.2) is 101 Å². The number of carbonyl (C=O) groups excluding carboxylic acids is 2. The molecular formula is C26H31F3N8O4. The fourth-order valence-corrected chi connectivity index (χ4v) is 4.98. The Labute approximate surface area is 234 Å². The van der Waals surface area contributed by atoms with Crippen molar-refractivity contribution < 1.29 is 32.2 Å². The van der Waals surface area contributed by atoms with Gasteiger partial charge >= 0.3 is 12.3 Å². The minimum absolute atomic E-state index is 0.138. The number of hydrogen-bond donors (Lipinski definition) is 1. The molecule has 2 fully saturated rings. The number of fused-ring (bicyclic) bond motifs is 1. The third kappa shape index (κ3) is 6.35. The highest BCUT2D eigenvalue weighted by atomic mass is 19.4. The molecule has 12 nitrogen and oxygen atoms in total. The van der Waals surface area contributed by atoms with Crippen LogP contribution in [0.15, 0.2) is 24.5 Å². The molecule has 2 saturated heterocycles. The number of rotatable bonds is 6. The molecule has 0 atom stereocenters. The zero-order valence-corrected chi connectivity index (χ0v) is 22.8. The number of halogens is 3. The van der Waals surface area contributed by atoms with E-state index >= 15 is 0 Å². The van der Waals surface area contributed by atoms with Gasteiger partial charge in [-0.25, -0.2) is 19.3 Å². The smallest absolute Gasteiger partial charge is 0.417 e. The molecule has 2 amide bonds. The van der Waals surface area contributed by atoms with E-state index in [1.165, 1.54) is 0 Å². The number of pyridine rings is 1. The van der Waals surface area contributed by atoms with E-state index in [1.807, 2.05) is 22.8 Å². The van der Waals surface area contributed by atoms with Gasteiger partial charge < -0.3 is 19.3 Å². The van der Waals surface area contributed by atoms with Gasteiger partial charge in [-0.1, -0.05) is 6.92 Å². The molecule has 41 heavy (non-hydrogen) atoms. The van der Waals surface area contributed by atoms with Gasteiger partial charge in [-0.2, -0.15) is 13.2 Å². The second-order valence-electron chi connectivity index (χ2n) is 9.78. The molecule has 3 aromatic rings. The summed E-state index contributed by atoms with van der Waals surface area (Å²) in [4.78, 5) is 38.2. The van der Waals surface area contributed by atoms with Crippen LogP contribution in [0.2, 0.25) is 0 Å². The summed E-state index contributed by atoms with van der Waals surface area (Å²) in [5.41, 5.74) is 0.221. The highest BCUT2D eigenvalue weighted by molar-refractivity contribution is 5.84. The molecule has 0 spiro atoms. The Morgan fingerprint density at radius 3 is 2.49 bits per heavy atom. The highest BCUT2D eigenvalue weighted by Gasteiger charge is 2.36. The van der Waals surface area contributed by atoms with Gasteiger partial charge in [0.25, 0.3) is 0 Å². The van der Waals surface area contributed by atoms with Crippen molar-refractivity contribution in [1.29, 1.82) is 0 Å². The Balaban J connectivity index is 1.51. The topological polar surface area (TPSA) is 117 Å². The predicted octanol–water partition coefficient (Wildman–Crippen LogP) is 2.88. The molecule has 0 aromatic carbocycles. The van der Waals surface area contributed by atoms with Crippen molar-refractivity contribution in [2.24, 2.45) is 0 Å². The van der Waals surface area contributed by atoms with Crippen molar-refractivity contribution in [1.82, 2.24) is 29.4 Å². The largest absolute Gasteiger partial charge is 0.453 e. The molecule has 0 radical (unpaired) electrons. The van der Waals surface area contributed by atoms with Gasteiger partial charge in [-0.3, -0.25) is 15.0 Å². The lowest BCUT2D eigenvalue weighted by Gasteiger charge is -2.34. The number of anilines is 2. The molecule has 220 valence electrons. The number of piperazine rings is 1. The summed E-state index contributed by atoms with van der Waals surface area (Å²) in [6, 6.07) is 2.68. The van der Waals surface area contributed by atoms with Gasteiger partial charge in [-0.05, 0) is 17.7 Å². The maximum atomic E-state index is 14.2. The average molecular weight is 577 g/mol. The van der Waals surface area contributed by atoms with E-state index < -0.39 is 17.8 Å². The summed E-state index contributed by atoms with van der Waals surface area (Å²) in [6.07, 6.45) is -2.44. The Kier molecular flexibility index (Phi) is 8.26. The van der Waals surface area contributed by atoms with E-state index in [2.05, 4.69) is 30.0 Å². The summed E-state index contributed by atoms with van der Waals surface area (Å²) < 4.78 is 54.0. The van der Waals surface area contributed by atoms with E-state index in [4.69, 9.17) is 4.74 Å². The molecule has 1 N–H and O–H groups in total. The SMILES string of the molecule is CCC(=O)N1CCN(Cc2cc3c(N4CCOCC4)nc(-c4cnc(NC(=O)OC)cc4C(F)(F)F)nn3c2)CC1. The summed E-state index contributed by atoms with van der Waals surface area (Å²) in [5, 5.41) is 6.63. The molecule has 15 heteroatoms. The molecule has 0 aliphatic carbocycles. The average Bonchev–Trinajstić information content (AvgIpc) is 3.38. The lowest BCUT2D eigenvalue weighted by molar-refractivity contribution is -0.137. The van der Waals surface area contributed by atoms with E-state index in [1.54, 1.807) is 10.7 Å². The van der Waals surface area contributed by atoms with Gasteiger partial charge in [0.1, 0.15) is 11.3 Å². The van der Waals surface area contributed by atoms with Crippen LogP contribution in [0.4, 0.5) is 29.6 Å². The van der Waals surface area contributed by atoms with Crippen LogP contribution >= 0.6 is 0 Å². The summed E-state index contributed by atoms with van der Waals surface area (Å²) in [7, 11) is 1.10. The maximum absolute atomic E-state index is 14.2. The molecule has 3 aromatic heterocycles. The molecule has 0 bridgehead atoms. The monoisotopic (exact) mass is 576 g/mol. The van der Waals surface area contributed by atoms with Crippen LogP contribution in [0, 0.1) is 0 Å². The van der Waals surface area contributed by atoms with Crippen LogP contribution in [0.5, 0.6) is 0 Å². The number of nitrogens with one attached hydrogen (secondary N) is 1. The fourth-order valence-electron chi connectivity index (χ4n) is 4.98. The van der Waals surface area contributed by atoms with Gasteiger partial charge in [0.2, 0.25) is 5.91 Å². The maximum Gasteiger partial charge on any atom is 0.417 e. The number of carbonyl (C=O) groups is 2. The molecular weight excluding hydrogens is 545 g/mol. The summed E-state index contributed by atoms with van der Waals surface area (Å²) >= 11 is 0. The second kappa shape index (κ2) is 11.9. The van der Waals surface area contributed by atoms with Gasteiger partial charge in [0, 0.05) is 64.6 Å². The molecule has 0 unspecified atom stereocenters. The lowest BCUT2D eigenvalue weighted by Crippen LogP contribution is -2.48. The van der Waals surface area contributed by atoms with Gasteiger partial charge in [0.05, 0.1) is 31.5 Å². The molecule has 5 heterocycles. The molecule has 5 rings (SSSR count). The first-order valence-corrected chi connectivity index (χ1v) is 13.3. The summed E-state index contributed by atoms with van der Waals surface area (Å²) in [6.45, 7) is 7.15. The number of methoxy groups -OCH3 is 1. The van der Waals surface area contributed by atoms with Crippen molar-refractivity contribution in [2.45, 2.75) is 26.1 Å². The fraction of sp³-hybridized carbons (Fsp3) is 0.500. The molecule has 2 aliphatic rings. The van der Waals surface area contributed by atoms with Crippen molar-refractivity contribution in [2.75, 3.05) is 69.8 Å². The van der Waals surface area contributed by atoms with Crippen LogP contribution in [0.1, 0.15) is 24.5 Å². The van der Waals surface area contributed by atoms with Crippen molar-refractivity contribution in [3.8, 4) is 11.4 Å². The number of nitrogens with zero attached hydrogens (tertiary/aromatic N) is 7. The van der Waals surface area contributed by atoms with E-state index in [0.29, 0.717) is 63.7 Å². The minimum atomic E-state index is -4.77. The van der Waals surface area contributed by atoms with Crippen LogP contribution in [0.25, 0.3) is 16.9 Å². The van der Waals surface area contributed by atoms with E-state index in [9.17, 15) is 22.8 Å². The Morgan fingerprint density at radius 1 is 1.10 bits per heavy atom. The quantitative estimate of drug-likeness (QED) is 0.473. The van der Waals surface area contributed by atoms with Crippen LogP contribution in [-0.2, 0) is 27.0 Å². The number of amides is 2.